The van der Waals surface area contributed by atoms with E-state index in [-0.39, 0.29) is 11.9 Å². The van der Waals surface area contributed by atoms with Crippen molar-refractivity contribution in [2.24, 2.45) is 4.99 Å². The van der Waals surface area contributed by atoms with E-state index in [1.165, 1.54) is 4.90 Å². The van der Waals surface area contributed by atoms with E-state index in [1.807, 2.05) is 61.0 Å². The first-order valence-electron chi connectivity index (χ1n) is 10.1. The summed E-state index contributed by atoms with van der Waals surface area (Å²) in [6.45, 7) is 6.96. The van der Waals surface area contributed by atoms with E-state index >= 15 is 0 Å². The predicted octanol–water partition coefficient (Wildman–Crippen LogP) is 2.83. The normalized spacial score (nSPS) is 23.3. The number of guanidine groups is 1. The van der Waals surface area contributed by atoms with Crippen LogP contribution in [-0.2, 0) is 4.79 Å². The number of imide groups is 1. The van der Waals surface area contributed by atoms with E-state index in [9.17, 15) is 9.59 Å². The zero-order valence-corrected chi connectivity index (χ0v) is 17.3. The fourth-order valence-electron chi connectivity index (χ4n) is 4.09. The summed E-state index contributed by atoms with van der Waals surface area (Å²) in [6.07, 6.45) is 3.11. The highest BCUT2D eigenvalue weighted by Crippen LogP contribution is 2.39. The summed E-state index contributed by atoms with van der Waals surface area (Å²) in [6, 6.07) is 6.95. The SMILES string of the molecule is CCCCN1C(=O)C2C(N=C3N(c4ccccc4OCC)C(C)=CN32)N(C)C1=O. The molecule has 2 atom stereocenters. The largest absolute Gasteiger partial charge is 0.492 e. The number of hydrogen-bond acceptors (Lipinski definition) is 6. The number of nitrogens with zero attached hydrogens (tertiary/aromatic N) is 5. The van der Waals surface area contributed by atoms with Crippen molar-refractivity contribution in [2.45, 2.75) is 45.8 Å². The number of anilines is 1. The Morgan fingerprint density at radius 1 is 1.17 bits per heavy atom. The van der Waals surface area contributed by atoms with Gasteiger partial charge in [0.2, 0.25) is 5.96 Å². The lowest BCUT2D eigenvalue weighted by Gasteiger charge is -2.40. The van der Waals surface area contributed by atoms with Crippen LogP contribution in [0.15, 0.2) is 41.2 Å². The molecule has 8 nitrogen and oxygen atoms in total. The van der Waals surface area contributed by atoms with Gasteiger partial charge in [0, 0.05) is 25.5 Å². The molecule has 0 aromatic heterocycles. The Balaban J connectivity index is 1.70. The quantitative estimate of drug-likeness (QED) is 0.738. The summed E-state index contributed by atoms with van der Waals surface area (Å²) in [4.78, 5) is 37.6. The van der Waals surface area contributed by atoms with Crippen molar-refractivity contribution in [3.05, 3.63) is 36.2 Å². The average Bonchev–Trinajstić information content (AvgIpc) is 3.22. The number of fused-ring (bicyclic) bond motifs is 3. The summed E-state index contributed by atoms with van der Waals surface area (Å²) in [5, 5.41) is 0. The molecule has 8 heteroatoms. The maximum Gasteiger partial charge on any atom is 0.328 e. The van der Waals surface area contributed by atoms with Crippen molar-refractivity contribution in [3.63, 3.8) is 0 Å². The van der Waals surface area contributed by atoms with Gasteiger partial charge in [0.05, 0.1) is 12.3 Å². The van der Waals surface area contributed by atoms with Crippen LogP contribution in [0, 0.1) is 0 Å². The smallest absolute Gasteiger partial charge is 0.328 e. The van der Waals surface area contributed by atoms with Gasteiger partial charge in [-0.05, 0) is 32.4 Å². The molecule has 29 heavy (non-hydrogen) atoms. The lowest BCUT2D eigenvalue weighted by molar-refractivity contribution is -0.136. The topological polar surface area (TPSA) is 68.7 Å². The number of benzene rings is 1. The average molecular weight is 397 g/mol. The molecule has 1 aromatic carbocycles. The van der Waals surface area contributed by atoms with Gasteiger partial charge in [-0.15, -0.1) is 0 Å². The maximum atomic E-state index is 13.2. The van der Waals surface area contributed by atoms with Gasteiger partial charge >= 0.3 is 6.03 Å². The minimum atomic E-state index is -0.538. The Hall–Kier alpha value is -3.03. The molecule has 1 aromatic rings. The molecule has 1 saturated heterocycles. The van der Waals surface area contributed by atoms with E-state index in [0.717, 1.165) is 30.0 Å². The van der Waals surface area contributed by atoms with Gasteiger partial charge in [0.25, 0.3) is 5.91 Å². The Labute approximate surface area is 171 Å². The number of amides is 3. The van der Waals surface area contributed by atoms with Crippen molar-refractivity contribution in [1.82, 2.24) is 14.7 Å². The van der Waals surface area contributed by atoms with Gasteiger partial charge in [-0.25, -0.2) is 9.79 Å². The Bertz CT molecular complexity index is 896. The van der Waals surface area contributed by atoms with Crippen LogP contribution in [0.5, 0.6) is 5.75 Å². The second-order valence-corrected chi connectivity index (χ2v) is 7.44. The maximum absolute atomic E-state index is 13.2. The third kappa shape index (κ3) is 2.94. The molecule has 3 aliphatic heterocycles. The first kappa shape index (κ1) is 19.3. The van der Waals surface area contributed by atoms with Crippen molar-refractivity contribution in [1.29, 1.82) is 0 Å². The third-order valence-corrected chi connectivity index (χ3v) is 5.53. The summed E-state index contributed by atoms with van der Waals surface area (Å²) in [5.41, 5.74) is 1.81. The molecule has 0 spiro atoms. The Morgan fingerprint density at radius 3 is 2.66 bits per heavy atom. The number of likely N-dealkylation sites (N-methyl/N-ethyl adjacent to an activating group) is 1. The van der Waals surface area contributed by atoms with Crippen molar-refractivity contribution >= 4 is 23.6 Å². The van der Waals surface area contributed by atoms with Gasteiger partial charge in [0.15, 0.2) is 12.2 Å². The monoisotopic (exact) mass is 397 g/mol. The number of urea groups is 1. The standard InChI is InChI=1S/C21H27N5O3/c1-5-7-12-24-19(27)17-18(23(4)21(24)28)22-20-25(17)13-14(3)26(20)15-10-8-9-11-16(15)29-6-2/h8-11,13,17-18H,5-7,12H2,1-4H3. The molecule has 0 saturated carbocycles. The van der Waals surface area contributed by atoms with Crippen molar-refractivity contribution < 1.29 is 14.3 Å². The minimum Gasteiger partial charge on any atom is -0.492 e. The van der Waals surface area contributed by atoms with E-state index in [1.54, 1.807) is 11.9 Å². The lowest BCUT2D eigenvalue weighted by atomic mass is 10.1. The predicted molar refractivity (Wildman–Crippen MR) is 110 cm³/mol. The fourth-order valence-corrected chi connectivity index (χ4v) is 4.09. The number of carbonyl (C=O) groups is 2. The number of carbonyl (C=O) groups excluding carboxylic acids is 2. The zero-order chi connectivity index (χ0) is 20.7. The summed E-state index contributed by atoms with van der Waals surface area (Å²) in [7, 11) is 1.71. The highest BCUT2D eigenvalue weighted by molar-refractivity contribution is 6.10. The summed E-state index contributed by atoms with van der Waals surface area (Å²) < 4.78 is 5.80. The molecular weight excluding hydrogens is 370 g/mol. The van der Waals surface area contributed by atoms with Crippen LogP contribution in [0.3, 0.4) is 0 Å². The van der Waals surface area contributed by atoms with Crippen LogP contribution < -0.4 is 9.64 Å². The number of aliphatic imine (C=N–C) groups is 1. The van der Waals surface area contributed by atoms with E-state index in [0.29, 0.717) is 19.1 Å². The van der Waals surface area contributed by atoms with Crippen LogP contribution >= 0.6 is 0 Å². The van der Waals surface area contributed by atoms with Gasteiger partial charge in [0.1, 0.15) is 5.75 Å². The van der Waals surface area contributed by atoms with E-state index < -0.39 is 12.2 Å². The molecule has 0 radical (unpaired) electrons. The van der Waals surface area contributed by atoms with Gasteiger partial charge in [-0.3, -0.25) is 14.6 Å². The Kier molecular flexibility index (Phi) is 4.94. The third-order valence-electron chi connectivity index (χ3n) is 5.53. The number of ether oxygens (including phenoxy) is 1. The lowest BCUT2D eigenvalue weighted by Crippen LogP contribution is -2.64. The highest BCUT2D eigenvalue weighted by Gasteiger charge is 2.54. The molecule has 4 rings (SSSR count). The van der Waals surface area contributed by atoms with Crippen LogP contribution in [0.2, 0.25) is 0 Å². The first-order chi connectivity index (χ1) is 14.0. The molecule has 3 aliphatic rings. The molecule has 154 valence electrons. The fraction of sp³-hybridized carbons (Fsp3) is 0.476. The number of rotatable bonds is 6. The van der Waals surface area contributed by atoms with Gasteiger partial charge in [-0.2, -0.15) is 0 Å². The molecule has 0 aliphatic carbocycles. The zero-order valence-electron chi connectivity index (χ0n) is 17.3. The van der Waals surface area contributed by atoms with Gasteiger partial charge < -0.3 is 14.5 Å². The molecular formula is C21H27N5O3. The van der Waals surface area contributed by atoms with Crippen molar-refractivity contribution in [3.8, 4) is 5.75 Å². The van der Waals surface area contributed by atoms with Gasteiger partial charge in [-0.1, -0.05) is 25.5 Å². The number of hydrogen-bond donors (Lipinski definition) is 0. The summed E-state index contributed by atoms with van der Waals surface area (Å²) >= 11 is 0. The van der Waals surface area contributed by atoms with Crippen LogP contribution in [0.1, 0.15) is 33.6 Å². The van der Waals surface area contributed by atoms with Crippen molar-refractivity contribution in [2.75, 3.05) is 25.1 Å². The molecule has 3 amide bonds. The van der Waals surface area contributed by atoms with Crippen LogP contribution in [-0.4, -0.2) is 65.0 Å². The molecule has 0 N–H and O–H groups in total. The number of para-hydroxylation sites is 2. The second kappa shape index (κ2) is 7.42. The molecule has 0 bridgehead atoms. The number of allylic oxidation sites excluding steroid dienone is 1. The number of unbranched alkanes of at least 4 members (excludes halogenated alkanes) is 1. The second-order valence-electron chi connectivity index (χ2n) is 7.44. The van der Waals surface area contributed by atoms with Crippen LogP contribution in [0.4, 0.5) is 10.5 Å². The van der Waals surface area contributed by atoms with E-state index in [2.05, 4.69) is 0 Å². The first-order valence-corrected chi connectivity index (χ1v) is 10.1. The molecule has 2 unspecified atom stereocenters. The van der Waals surface area contributed by atoms with E-state index in [4.69, 9.17) is 9.73 Å². The highest BCUT2D eigenvalue weighted by atomic mass is 16.5. The summed E-state index contributed by atoms with van der Waals surface area (Å²) in [5.74, 6) is 1.21. The molecule has 3 heterocycles. The Morgan fingerprint density at radius 2 is 1.93 bits per heavy atom. The minimum absolute atomic E-state index is 0.186. The van der Waals surface area contributed by atoms with Crippen LogP contribution in [0.25, 0.3) is 0 Å². The molecule has 1 fully saturated rings.